The molecule has 176 valence electrons. The Morgan fingerprint density at radius 3 is 1.83 bits per heavy atom. The van der Waals surface area contributed by atoms with E-state index in [0.717, 1.165) is 37.8 Å². The fourth-order valence-electron chi connectivity index (χ4n) is 3.41. The molecule has 0 saturated carbocycles. The van der Waals surface area contributed by atoms with Crippen LogP contribution in [-0.2, 0) is 13.6 Å². The van der Waals surface area contributed by atoms with Crippen molar-refractivity contribution in [2.75, 3.05) is 18.5 Å². The van der Waals surface area contributed by atoms with Crippen molar-refractivity contribution < 1.29 is 13.6 Å². The summed E-state index contributed by atoms with van der Waals surface area (Å²) in [4.78, 5) is 0. The predicted octanol–water partition coefficient (Wildman–Crippen LogP) is 8.74. The van der Waals surface area contributed by atoms with E-state index < -0.39 is 8.56 Å². The van der Waals surface area contributed by atoms with Gasteiger partial charge in [-0.2, -0.15) is 0 Å². The molecule has 29 heavy (non-hydrogen) atoms. The van der Waals surface area contributed by atoms with Crippen LogP contribution in [0.3, 0.4) is 0 Å². The van der Waals surface area contributed by atoms with Gasteiger partial charge in [0, 0.05) is 18.5 Å². The summed E-state index contributed by atoms with van der Waals surface area (Å²) in [5.74, 6) is 0. The number of ether oxygens (including phenoxy) is 1. The summed E-state index contributed by atoms with van der Waals surface area (Å²) in [5.41, 5.74) is 0. The maximum absolute atomic E-state index is 6.40. The van der Waals surface area contributed by atoms with E-state index in [1.807, 2.05) is 0 Å². The molecule has 5 heteroatoms. The minimum Gasteiger partial charge on any atom is -0.394 e. The second kappa shape index (κ2) is 21.8. The van der Waals surface area contributed by atoms with Gasteiger partial charge in [0.15, 0.2) is 0 Å². The molecule has 0 saturated heterocycles. The van der Waals surface area contributed by atoms with Gasteiger partial charge in [-0.15, -0.1) is 0 Å². The molecule has 0 heterocycles. The molecule has 0 aliphatic heterocycles. The number of hydrogen-bond acceptors (Lipinski definition) is 3. The molecule has 0 aromatic carbocycles. The number of hydrogen-bond donors (Lipinski definition) is 0. The molecule has 0 amide bonds. The lowest BCUT2D eigenvalue weighted by Crippen LogP contribution is -2.40. The van der Waals surface area contributed by atoms with E-state index in [-0.39, 0.29) is 6.29 Å². The largest absolute Gasteiger partial charge is 0.394 e. The van der Waals surface area contributed by atoms with Crippen LogP contribution >= 0.6 is 15.9 Å². The van der Waals surface area contributed by atoms with Gasteiger partial charge < -0.3 is 13.6 Å². The molecule has 0 N–H and O–H groups in total. The van der Waals surface area contributed by atoms with E-state index in [2.05, 4.69) is 42.9 Å². The van der Waals surface area contributed by atoms with E-state index in [1.54, 1.807) is 0 Å². The van der Waals surface area contributed by atoms with Gasteiger partial charge >= 0.3 is 8.56 Å². The number of unbranched alkanes of at least 4 members (excludes halogenated alkanes) is 12. The molecule has 0 bridgehead atoms. The smallest absolute Gasteiger partial charge is 0.333 e. The van der Waals surface area contributed by atoms with Gasteiger partial charge in [0.1, 0.15) is 6.29 Å². The molecule has 0 aliphatic rings. The van der Waals surface area contributed by atoms with Crippen LogP contribution in [0.15, 0.2) is 0 Å². The molecular weight excluding hydrogens is 444 g/mol. The Morgan fingerprint density at radius 1 is 0.655 bits per heavy atom. The number of halogens is 1. The third-order valence-corrected chi connectivity index (χ3v) is 7.53. The molecule has 0 spiro atoms. The normalized spacial score (nSPS) is 13.1. The number of alkyl halides is 1. The molecule has 1 unspecified atom stereocenters. The first-order valence-electron chi connectivity index (χ1n) is 12.5. The lowest BCUT2D eigenvalue weighted by atomic mass is 10.1. The van der Waals surface area contributed by atoms with Crippen molar-refractivity contribution in [1.82, 2.24) is 0 Å². The van der Waals surface area contributed by atoms with Crippen molar-refractivity contribution in [3.05, 3.63) is 0 Å². The second-order valence-corrected chi connectivity index (χ2v) is 12.9. The average molecular weight is 496 g/mol. The number of rotatable bonds is 23. The lowest BCUT2D eigenvalue weighted by molar-refractivity contribution is -0.104. The summed E-state index contributed by atoms with van der Waals surface area (Å²) in [6.45, 7) is 10.5. The van der Waals surface area contributed by atoms with Crippen molar-refractivity contribution >= 4 is 24.5 Å². The Hall–Kier alpha value is 0.577. The van der Waals surface area contributed by atoms with E-state index in [0.29, 0.717) is 0 Å². The molecule has 0 aromatic heterocycles. The Morgan fingerprint density at radius 2 is 1.17 bits per heavy atom. The zero-order chi connectivity index (χ0) is 21.6. The SMILES string of the molecule is CCCCCCCCCC(OCCCCCC)O[Si](C)(C)OCCCCCCBr. The summed E-state index contributed by atoms with van der Waals surface area (Å²) >= 11 is 3.49. The molecule has 0 radical (unpaired) electrons. The second-order valence-electron chi connectivity index (χ2n) is 8.74. The molecule has 0 rings (SSSR count). The fraction of sp³-hybridized carbons (Fsp3) is 1.00. The summed E-state index contributed by atoms with van der Waals surface area (Å²) in [5, 5.41) is 1.10. The molecule has 0 aromatic rings. The minimum atomic E-state index is -2.13. The third-order valence-electron chi connectivity index (χ3n) is 5.24. The van der Waals surface area contributed by atoms with Crippen molar-refractivity contribution in [3.8, 4) is 0 Å². The average Bonchev–Trinajstić information content (AvgIpc) is 2.69. The quantitative estimate of drug-likeness (QED) is 0.0614. The zero-order valence-electron chi connectivity index (χ0n) is 20.1. The van der Waals surface area contributed by atoms with Gasteiger partial charge in [-0.3, -0.25) is 0 Å². The van der Waals surface area contributed by atoms with E-state index in [9.17, 15) is 0 Å². The van der Waals surface area contributed by atoms with Gasteiger partial charge in [0.05, 0.1) is 0 Å². The molecular formula is C24H51BrO3Si. The van der Waals surface area contributed by atoms with Gasteiger partial charge in [-0.05, 0) is 45.2 Å². The summed E-state index contributed by atoms with van der Waals surface area (Å²) in [6, 6.07) is 0. The highest BCUT2D eigenvalue weighted by Crippen LogP contribution is 2.18. The Labute approximate surface area is 192 Å². The van der Waals surface area contributed by atoms with E-state index >= 15 is 0 Å². The molecule has 0 aliphatic carbocycles. The van der Waals surface area contributed by atoms with Crippen LogP contribution in [0.1, 0.15) is 117 Å². The Balaban J connectivity index is 4.17. The first-order valence-corrected chi connectivity index (χ1v) is 16.5. The van der Waals surface area contributed by atoms with Crippen LogP contribution in [-0.4, -0.2) is 33.4 Å². The maximum atomic E-state index is 6.40. The van der Waals surface area contributed by atoms with Gasteiger partial charge in [0.25, 0.3) is 0 Å². The highest BCUT2D eigenvalue weighted by molar-refractivity contribution is 9.09. The van der Waals surface area contributed by atoms with Gasteiger partial charge in [-0.25, -0.2) is 0 Å². The van der Waals surface area contributed by atoms with E-state index in [1.165, 1.54) is 83.5 Å². The van der Waals surface area contributed by atoms with Gasteiger partial charge in [-0.1, -0.05) is 100 Å². The van der Waals surface area contributed by atoms with Crippen LogP contribution < -0.4 is 0 Å². The fourth-order valence-corrected chi connectivity index (χ4v) is 5.33. The monoisotopic (exact) mass is 494 g/mol. The molecule has 0 fully saturated rings. The lowest BCUT2D eigenvalue weighted by Gasteiger charge is -2.29. The topological polar surface area (TPSA) is 27.7 Å². The Bertz CT molecular complexity index is 329. The highest BCUT2D eigenvalue weighted by Gasteiger charge is 2.29. The van der Waals surface area contributed by atoms with Gasteiger partial charge in [0.2, 0.25) is 0 Å². The van der Waals surface area contributed by atoms with Crippen molar-refractivity contribution in [2.24, 2.45) is 0 Å². The first kappa shape index (κ1) is 29.6. The zero-order valence-corrected chi connectivity index (χ0v) is 22.7. The highest BCUT2D eigenvalue weighted by atomic mass is 79.9. The molecule has 1 atom stereocenters. The summed E-state index contributed by atoms with van der Waals surface area (Å²) in [6.07, 6.45) is 20.1. The van der Waals surface area contributed by atoms with Crippen molar-refractivity contribution in [2.45, 2.75) is 136 Å². The van der Waals surface area contributed by atoms with Crippen molar-refractivity contribution in [1.29, 1.82) is 0 Å². The van der Waals surface area contributed by atoms with Crippen LogP contribution in [0.5, 0.6) is 0 Å². The van der Waals surface area contributed by atoms with Crippen molar-refractivity contribution in [3.63, 3.8) is 0 Å². The predicted molar refractivity (Wildman–Crippen MR) is 133 cm³/mol. The maximum Gasteiger partial charge on any atom is 0.333 e. The first-order chi connectivity index (χ1) is 14.1. The summed E-state index contributed by atoms with van der Waals surface area (Å²) in [7, 11) is -2.13. The third kappa shape index (κ3) is 21.6. The minimum absolute atomic E-state index is 0.0812. The summed E-state index contributed by atoms with van der Waals surface area (Å²) < 4.78 is 18.7. The van der Waals surface area contributed by atoms with Crippen LogP contribution in [0.2, 0.25) is 13.1 Å². The Kier molecular flexibility index (Phi) is 22.2. The van der Waals surface area contributed by atoms with Crippen LogP contribution in [0, 0.1) is 0 Å². The standard InChI is InChI=1S/C24H51BrO3Si/c1-5-7-9-11-12-13-16-20-24(26-22-18-10-8-6-2)28-29(3,4)27-23-19-15-14-17-21-25/h24H,5-23H2,1-4H3. The molecule has 3 nitrogen and oxygen atoms in total. The van der Waals surface area contributed by atoms with E-state index in [4.69, 9.17) is 13.6 Å². The van der Waals surface area contributed by atoms with Crippen LogP contribution in [0.25, 0.3) is 0 Å². The van der Waals surface area contributed by atoms with Crippen LogP contribution in [0.4, 0.5) is 0 Å².